The van der Waals surface area contributed by atoms with Gasteiger partial charge in [0.2, 0.25) is 0 Å². The van der Waals surface area contributed by atoms with Crippen LogP contribution >= 0.6 is 0 Å². The fourth-order valence-corrected chi connectivity index (χ4v) is 1.71. The van der Waals surface area contributed by atoms with Gasteiger partial charge in [-0.15, -0.1) is 5.10 Å². The molecule has 0 bridgehead atoms. The molecule has 0 aliphatic heterocycles. The molecule has 7 nitrogen and oxygen atoms in total. The molecule has 0 aliphatic carbocycles. The van der Waals surface area contributed by atoms with Gasteiger partial charge in [-0.3, -0.25) is 4.68 Å². The number of rotatable bonds is 3. The van der Waals surface area contributed by atoms with Gasteiger partial charge in [0.1, 0.15) is 5.69 Å². The van der Waals surface area contributed by atoms with Crippen LogP contribution < -0.4 is 0 Å². The first kappa shape index (κ1) is 12.3. The van der Waals surface area contributed by atoms with E-state index in [0.717, 1.165) is 11.4 Å². The number of carbonyl (C=O) groups excluding carboxylic acids is 1. The smallest absolute Gasteiger partial charge is 0.378 e. The van der Waals surface area contributed by atoms with E-state index in [9.17, 15) is 4.79 Å². The van der Waals surface area contributed by atoms with Gasteiger partial charge in [-0.2, -0.15) is 10.1 Å². The van der Waals surface area contributed by atoms with E-state index >= 15 is 0 Å². The highest BCUT2D eigenvalue weighted by atomic mass is 16.5. The van der Waals surface area contributed by atoms with Crippen LogP contribution in [0.25, 0.3) is 11.5 Å². The lowest BCUT2D eigenvalue weighted by Gasteiger charge is -1.98. The van der Waals surface area contributed by atoms with Crippen molar-refractivity contribution in [3.05, 3.63) is 17.6 Å². The summed E-state index contributed by atoms with van der Waals surface area (Å²) in [6.45, 7) is 3.94. The molecular weight excluding hydrogens is 234 g/mol. The van der Waals surface area contributed by atoms with Crippen LogP contribution in [-0.4, -0.2) is 37.1 Å². The van der Waals surface area contributed by atoms with E-state index < -0.39 is 5.97 Å². The zero-order valence-electron chi connectivity index (χ0n) is 10.8. The molecule has 0 atom stereocenters. The minimum absolute atomic E-state index is 0.0632. The third kappa shape index (κ3) is 2.11. The van der Waals surface area contributed by atoms with Crippen molar-refractivity contribution in [2.75, 3.05) is 6.61 Å². The maximum Gasteiger partial charge on any atom is 0.378 e. The van der Waals surface area contributed by atoms with Crippen molar-refractivity contribution in [3.63, 3.8) is 0 Å². The number of hydrogen-bond acceptors (Lipinski definition) is 5. The molecule has 0 radical (unpaired) electrons. The Kier molecular flexibility index (Phi) is 3.14. The largest absolute Gasteiger partial charge is 0.460 e. The van der Waals surface area contributed by atoms with Gasteiger partial charge in [0.15, 0.2) is 5.82 Å². The van der Waals surface area contributed by atoms with Gasteiger partial charge >= 0.3 is 5.97 Å². The van der Waals surface area contributed by atoms with Crippen molar-refractivity contribution in [2.45, 2.75) is 13.8 Å². The van der Waals surface area contributed by atoms with E-state index in [0.29, 0.717) is 12.4 Å². The highest BCUT2D eigenvalue weighted by Crippen LogP contribution is 2.17. The fraction of sp³-hybridized carbons (Fsp3) is 0.455. The van der Waals surface area contributed by atoms with Crippen LogP contribution in [0.1, 0.15) is 23.2 Å². The van der Waals surface area contributed by atoms with Crippen LogP contribution in [0.4, 0.5) is 0 Å². The van der Waals surface area contributed by atoms with Gasteiger partial charge in [-0.05, 0) is 19.9 Å². The van der Waals surface area contributed by atoms with E-state index in [4.69, 9.17) is 4.74 Å². The maximum atomic E-state index is 11.5. The van der Waals surface area contributed by atoms with Gasteiger partial charge in [0, 0.05) is 14.1 Å². The predicted octanol–water partition coefficient (Wildman–Crippen LogP) is 0.701. The topological polar surface area (TPSA) is 74.8 Å². The van der Waals surface area contributed by atoms with Crippen molar-refractivity contribution < 1.29 is 9.53 Å². The molecule has 0 amide bonds. The van der Waals surface area contributed by atoms with Crippen LogP contribution in [0.2, 0.25) is 0 Å². The molecule has 0 saturated carbocycles. The number of hydrogen-bond donors (Lipinski definition) is 0. The summed E-state index contributed by atoms with van der Waals surface area (Å²) < 4.78 is 8.11. The van der Waals surface area contributed by atoms with E-state index in [1.54, 1.807) is 23.3 Å². The lowest BCUT2D eigenvalue weighted by Crippen LogP contribution is -2.07. The zero-order valence-corrected chi connectivity index (χ0v) is 10.8. The van der Waals surface area contributed by atoms with E-state index in [1.807, 2.05) is 20.0 Å². The minimum atomic E-state index is -0.516. The Hall–Kier alpha value is -2.18. The monoisotopic (exact) mass is 249 g/mol. The van der Waals surface area contributed by atoms with Gasteiger partial charge in [0.05, 0.1) is 12.3 Å². The Morgan fingerprint density at radius 3 is 2.61 bits per heavy atom. The number of aromatic nitrogens is 5. The molecular formula is C11H15N5O2. The summed E-state index contributed by atoms with van der Waals surface area (Å²) in [5.41, 5.74) is 1.69. The number of carbonyl (C=O) groups is 1. The zero-order chi connectivity index (χ0) is 13.3. The Morgan fingerprint density at radius 2 is 2.06 bits per heavy atom. The molecule has 7 heteroatoms. The van der Waals surface area contributed by atoms with Crippen molar-refractivity contribution in [3.8, 4) is 11.5 Å². The first-order chi connectivity index (χ1) is 8.52. The van der Waals surface area contributed by atoms with Gasteiger partial charge in [-0.25, -0.2) is 9.48 Å². The third-order valence-corrected chi connectivity index (χ3v) is 2.45. The van der Waals surface area contributed by atoms with E-state index in [-0.39, 0.29) is 5.82 Å². The molecule has 0 fully saturated rings. The number of ether oxygens (including phenoxy) is 1. The second-order valence-corrected chi connectivity index (χ2v) is 3.90. The van der Waals surface area contributed by atoms with Crippen LogP contribution in [0, 0.1) is 6.92 Å². The molecule has 18 heavy (non-hydrogen) atoms. The summed E-state index contributed by atoms with van der Waals surface area (Å²) >= 11 is 0. The first-order valence-corrected chi connectivity index (χ1v) is 5.62. The van der Waals surface area contributed by atoms with Crippen LogP contribution in [0.3, 0.4) is 0 Å². The number of aryl methyl sites for hydroxylation is 3. The number of nitrogens with zero attached hydrogens (tertiary/aromatic N) is 5. The Balaban J connectivity index is 2.41. The molecule has 96 valence electrons. The van der Waals surface area contributed by atoms with Crippen LogP contribution in [0.5, 0.6) is 0 Å². The Bertz CT molecular complexity index is 584. The fourth-order valence-electron chi connectivity index (χ4n) is 1.71. The number of esters is 1. The third-order valence-electron chi connectivity index (χ3n) is 2.45. The lowest BCUT2D eigenvalue weighted by molar-refractivity contribution is 0.0512. The molecule has 2 rings (SSSR count). The molecule has 0 aliphatic rings. The second kappa shape index (κ2) is 4.59. The summed E-state index contributed by atoms with van der Waals surface area (Å²) in [4.78, 5) is 15.7. The van der Waals surface area contributed by atoms with Gasteiger partial charge < -0.3 is 4.74 Å². The van der Waals surface area contributed by atoms with Crippen LogP contribution in [0.15, 0.2) is 6.07 Å². The summed E-state index contributed by atoms with van der Waals surface area (Å²) in [7, 11) is 3.55. The quantitative estimate of drug-likeness (QED) is 0.748. The highest BCUT2D eigenvalue weighted by molar-refractivity contribution is 5.85. The van der Waals surface area contributed by atoms with Crippen molar-refractivity contribution in [2.24, 2.45) is 14.1 Å². The standard InChI is InChI=1S/C11H15N5O2/c1-5-18-11(17)9-12-10(16(4)14-9)8-6-7(2)13-15(8)3/h6H,5H2,1-4H3. The van der Waals surface area contributed by atoms with Crippen LogP contribution in [-0.2, 0) is 18.8 Å². The molecule has 0 saturated heterocycles. The summed E-state index contributed by atoms with van der Waals surface area (Å²) in [5, 5.41) is 8.28. The second-order valence-electron chi connectivity index (χ2n) is 3.90. The van der Waals surface area contributed by atoms with Crippen molar-refractivity contribution in [1.82, 2.24) is 24.5 Å². The molecule has 2 aromatic rings. The Morgan fingerprint density at radius 1 is 1.33 bits per heavy atom. The molecule has 0 spiro atoms. The highest BCUT2D eigenvalue weighted by Gasteiger charge is 2.18. The summed E-state index contributed by atoms with van der Waals surface area (Å²) in [5.74, 6) is 0.132. The average molecular weight is 249 g/mol. The summed E-state index contributed by atoms with van der Waals surface area (Å²) in [6, 6.07) is 1.89. The van der Waals surface area contributed by atoms with E-state index in [1.165, 1.54) is 0 Å². The van der Waals surface area contributed by atoms with Crippen molar-refractivity contribution in [1.29, 1.82) is 0 Å². The Labute approximate surface area is 104 Å². The molecule has 0 N–H and O–H groups in total. The SMILES string of the molecule is CCOC(=O)c1nc(-c2cc(C)nn2C)n(C)n1. The first-order valence-electron chi connectivity index (χ1n) is 5.62. The van der Waals surface area contributed by atoms with E-state index in [2.05, 4.69) is 15.2 Å². The predicted molar refractivity (Wildman–Crippen MR) is 63.9 cm³/mol. The van der Waals surface area contributed by atoms with Crippen molar-refractivity contribution >= 4 is 5.97 Å². The minimum Gasteiger partial charge on any atom is -0.460 e. The molecule has 0 unspecified atom stereocenters. The average Bonchev–Trinajstić information content (AvgIpc) is 2.82. The summed E-state index contributed by atoms with van der Waals surface area (Å²) in [6.07, 6.45) is 0. The molecule has 0 aromatic carbocycles. The van der Waals surface area contributed by atoms with Gasteiger partial charge in [0.25, 0.3) is 5.82 Å². The maximum absolute atomic E-state index is 11.5. The molecule has 2 heterocycles. The lowest BCUT2D eigenvalue weighted by atomic mass is 10.3. The normalized spacial score (nSPS) is 10.7. The van der Waals surface area contributed by atoms with Gasteiger partial charge in [-0.1, -0.05) is 0 Å². The molecule has 2 aromatic heterocycles.